The normalized spacial score (nSPS) is 14.5. The third kappa shape index (κ3) is 8.56. The molecule has 0 unspecified atom stereocenters. The summed E-state index contributed by atoms with van der Waals surface area (Å²) in [5, 5.41) is 5.53. The SMILES string of the molecule is CN/C(=C\c1cccc(C(=O)c2ccc(F)cc2)c1)C(=O)N/C(C=O)=C\c1ncn(CCCN2CCOCC2)c1C(C)C. The maximum absolute atomic E-state index is 13.3. The number of hydrogen-bond donors (Lipinski definition) is 2. The molecule has 9 nitrogen and oxygen atoms in total. The van der Waals surface area contributed by atoms with Crippen LogP contribution >= 0.6 is 0 Å². The van der Waals surface area contributed by atoms with E-state index in [1.165, 1.54) is 24.3 Å². The number of aldehydes is 1. The lowest BCUT2D eigenvalue weighted by Gasteiger charge is -2.26. The van der Waals surface area contributed by atoms with Gasteiger partial charge in [-0.2, -0.15) is 0 Å². The van der Waals surface area contributed by atoms with Crippen molar-refractivity contribution in [2.75, 3.05) is 39.9 Å². The Morgan fingerprint density at radius 3 is 2.47 bits per heavy atom. The highest BCUT2D eigenvalue weighted by Crippen LogP contribution is 2.22. The van der Waals surface area contributed by atoms with Crippen LogP contribution in [-0.2, 0) is 20.9 Å². The van der Waals surface area contributed by atoms with E-state index < -0.39 is 11.7 Å². The molecule has 1 aliphatic heterocycles. The number of morpholine rings is 1. The molecule has 0 radical (unpaired) electrons. The van der Waals surface area contributed by atoms with Crippen LogP contribution in [0, 0.1) is 5.82 Å². The number of halogens is 1. The number of nitrogens with zero attached hydrogens (tertiary/aromatic N) is 3. The number of imidazole rings is 1. The Balaban J connectivity index is 1.47. The fraction of sp³-hybridized carbons (Fsp3) is 0.333. The molecule has 2 heterocycles. The molecule has 1 aliphatic rings. The minimum absolute atomic E-state index is 0.0758. The van der Waals surface area contributed by atoms with Crippen LogP contribution in [-0.4, -0.2) is 72.3 Å². The van der Waals surface area contributed by atoms with Gasteiger partial charge in [0.2, 0.25) is 0 Å². The number of carbonyl (C=O) groups is 3. The lowest BCUT2D eigenvalue weighted by molar-refractivity contribution is -0.118. The number of aryl methyl sites for hydroxylation is 1. The number of ether oxygens (including phenoxy) is 1. The van der Waals surface area contributed by atoms with E-state index in [0.717, 1.165) is 51.5 Å². The molecule has 0 bridgehead atoms. The Hall–Kier alpha value is -4.41. The van der Waals surface area contributed by atoms with Crippen LogP contribution < -0.4 is 10.6 Å². The third-order valence-electron chi connectivity index (χ3n) is 7.19. The summed E-state index contributed by atoms with van der Waals surface area (Å²) in [6.07, 6.45) is 6.51. The first-order valence-electron chi connectivity index (χ1n) is 14.4. The van der Waals surface area contributed by atoms with Crippen LogP contribution in [0.5, 0.6) is 0 Å². The minimum atomic E-state index is -0.521. The molecule has 1 fully saturated rings. The molecule has 0 aliphatic carbocycles. The van der Waals surface area contributed by atoms with E-state index in [0.29, 0.717) is 28.7 Å². The van der Waals surface area contributed by atoms with Crippen LogP contribution in [0.1, 0.15) is 59.1 Å². The molecule has 1 saturated heterocycles. The Bertz CT molecular complexity index is 1490. The van der Waals surface area contributed by atoms with Gasteiger partial charge in [0.05, 0.1) is 30.9 Å². The third-order valence-corrected chi connectivity index (χ3v) is 7.19. The zero-order valence-corrected chi connectivity index (χ0v) is 24.8. The molecule has 0 saturated carbocycles. The average Bonchev–Trinajstić information content (AvgIpc) is 3.42. The smallest absolute Gasteiger partial charge is 0.271 e. The number of nitrogens with one attached hydrogen (secondary N) is 2. The van der Waals surface area contributed by atoms with Crippen LogP contribution in [0.25, 0.3) is 12.2 Å². The van der Waals surface area contributed by atoms with Crippen molar-refractivity contribution in [3.8, 4) is 0 Å². The summed E-state index contributed by atoms with van der Waals surface area (Å²) in [6.45, 7) is 9.34. The second-order valence-corrected chi connectivity index (χ2v) is 10.6. The lowest BCUT2D eigenvalue weighted by Crippen LogP contribution is -2.37. The molecule has 1 aromatic heterocycles. The van der Waals surface area contributed by atoms with E-state index in [2.05, 4.69) is 38.9 Å². The van der Waals surface area contributed by atoms with Gasteiger partial charge >= 0.3 is 0 Å². The summed E-state index contributed by atoms with van der Waals surface area (Å²) in [5.41, 5.74) is 3.24. The van der Waals surface area contributed by atoms with Crippen molar-refractivity contribution >= 4 is 30.1 Å². The van der Waals surface area contributed by atoms with Crippen molar-refractivity contribution in [3.63, 3.8) is 0 Å². The highest BCUT2D eigenvalue weighted by atomic mass is 19.1. The number of amides is 1. The van der Waals surface area contributed by atoms with E-state index in [4.69, 9.17) is 4.74 Å². The summed E-state index contributed by atoms with van der Waals surface area (Å²) in [7, 11) is 1.60. The standard InChI is InChI=1S/C33H38FN5O4/c1-23(2)31-29(36-22-39(31)13-5-12-38-14-16-43-17-15-38)20-28(21-40)37-33(42)30(35-3)19-24-6-4-7-26(18-24)32(41)25-8-10-27(34)11-9-25/h4,6-11,18-23,35H,5,12-17H2,1-3H3,(H,37,42)/b28-20-,30-19-. The van der Waals surface area contributed by atoms with Gasteiger partial charge in [0.25, 0.3) is 5.91 Å². The van der Waals surface area contributed by atoms with Gasteiger partial charge in [-0.25, -0.2) is 9.37 Å². The molecule has 2 aromatic carbocycles. The molecule has 2 N–H and O–H groups in total. The van der Waals surface area contributed by atoms with E-state index in [-0.39, 0.29) is 23.1 Å². The van der Waals surface area contributed by atoms with Crippen LogP contribution in [0.3, 0.4) is 0 Å². The molecule has 4 rings (SSSR count). The number of ketones is 1. The quantitative estimate of drug-likeness (QED) is 0.177. The van der Waals surface area contributed by atoms with Crippen molar-refractivity contribution in [1.82, 2.24) is 25.1 Å². The van der Waals surface area contributed by atoms with Gasteiger partial charge < -0.3 is 19.9 Å². The first-order chi connectivity index (χ1) is 20.8. The molecule has 43 heavy (non-hydrogen) atoms. The number of allylic oxidation sites excluding steroid dienone is 1. The van der Waals surface area contributed by atoms with Gasteiger partial charge in [-0.3, -0.25) is 19.3 Å². The van der Waals surface area contributed by atoms with Crippen molar-refractivity contribution in [2.24, 2.45) is 0 Å². The Morgan fingerprint density at radius 2 is 1.79 bits per heavy atom. The lowest BCUT2D eigenvalue weighted by atomic mass is 10.0. The summed E-state index contributed by atoms with van der Waals surface area (Å²) in [4.78, 5) is 44.9. The molecule has 10 heteroatoms. The summed E-state index contributed by atoms with van der Waals surface area (Å²) in [6, 6.07) is 12.1. The summed E-state index contributed by atoms with van der Waals surface area (Å²) < 4.78 is 20.8. The van der Waals surface area contributed by atoms with Gasteiger partial charge in [-0.05, 0) is 60.4 Å². The Morgan fingerprint density at radius 1 is 1.05 bits per heavy atom. The van der Waals surface area contributed by atoms with Crippen molar-refractivity contribution in [1.29, 1.82) is 0 Å². The molecular formula is C33H38FN5O4. The van der Waals surface area contributed by atoms with Crippen molar-refractivity contribution in [3.05, 3.63) is 100 Å². The predicted molar refractivity (Wildman–Crippen MR) is 164 cm³/mol. The number of likely N-dealkylation sites (N-methyl/N-ethyl adjacent to an activating group) is 1. The summed E-state index contributed by atoms with van der Waals surface area (Å²) in [5.74, 6) is -1.06. The average molecular weight is 588 g/mol. The Labute approximate surface area is 251 Å². The molecule has 3 aromatic rings. The number of rotatable bonds is 13. The van der Waals surface area contributed by atoms with E-state index in [1.54, 1.807) is 49.8 Å². The van der Waals surface area contributed by atoms with Gasteiger partial charge in [0.1, 0.15) is 11.5 Å². The van der Waals surface area contributed by atoms with Gasteiger partial charge in [-0.1, -0.05) is 32.0 Å². The monoisotopic (exact) mass is 587 g/mol. The van der Waals surface area contributed by atoms with Crippen LogP contribution in [0.2, 0.25) is 0 Å². The second-order valence-electron chi connectivity index (χ2n) is 10.6. The number of aromatic nitrogens is 2. The first kappa shape index (κ1) is 31.5. The maximum Gasteiger partial charge on any atom is 0.271 e. The van der Waals surface area contributed by atoms with Gasteiger partial charge in [-0.15, -0.1) is 0 Å². The zero-order valence-electron chi connectivity index (χ0n) is 24.8. The highest BCUT2D eigenvalue weighted by molar-refractivity contribution is 6.09. The van der Waals surface area contributed by atoms with Gasteiger partial charge in [0, 0.05) is 50.0 Å². The fourth-order valence-corrected chi connectivity index (χ4v) is 5.01. The molecule has 226 valence electrons. The molecule has 0 spiro atoms. The molecular weight excluding hydrogens is 549 g/mol. The van der Waals surface area contributed by atoms with E-state index in [1.807, 2.05) is 0 Å². The highest BCUT2D eigenvalue weighted by Gasteiger charge is 2.17. The number of benzene rings is 2. The largest absolute Gasteiger partial charge is 0.384 e. The molecule has 1 amide bonds. The van der Waals surface area contributed by atoms with Gasteiger partial charge in [0.15, 0.2) is 12.1 Å². The second kappa shape index (κ2) is 15.2. The predicted octanol–water partition coefficient (Wildman–Crippen LogP) is 4.02. The topological polar surface area (TPSA) is 106 Å². The fourth-order valence-electron chi connectivity index (χ4n) is 5.01. The van der Waals surface area contributed by atoms with Crippen molar-refractivity contribution in [2.45, 2.75) is 32.7 Å². The molecule has 0 atom stereocenters. The maximum atomic E-state index is 13.3. The zero-order chi connectivity index (χ0) is 30.8. The Kier molecular flexibility index (Phi) is 11.1. The van der Waals surface area contributed by atoms with Crippen LogP contribution in [0.15, 0.2) is 66.3 Å². The van der Waals surface area contributed by atoms with Crippen LogP contribution in [0.4, 0.5) is 4.39 Å². The van der Waals surface area contributed by atoms with E-state index in [9.17, 15) is 18.8 Å². The van der Waals surface area contributed by atoms with Crippen molar-refractivity contribution < 1.29 is 23.5 Å². The number of carbonyl (C=O) groups excluding carboxylic acids is 3. The first-order valence-corrected chi connectivity index (χ1v) is 14.4. The minimum Gasteiger partial charge on any atom is -0.384 e. The number of hydrogen-bond acceptors (Lipinski definition) is 7. The summed E-state index contributed by atoms with van der Waals surface area (Å²) >= 11 is 0. The van der Waals surface area contributed by atoms with E-state index >= 15 is 0 Å².